The summed E-state index contributed by atoms with van der Waals surface area (Å²) in [5.41, 5.74) is 8.34. The van der Waals surface area contributed by atoms with E-state index >= 15 is 0 Å². The van der Waals surface area contributed by atoms with Crippen molar-refractivity contribution in [3.05, 3.63) is 102 Å². The summed E-state index contributed by atoms with van der Waals surface area (Å²) >= 11 is 0. The van der Waals surface area contributed by atoms with E-state index in [-0.39, 0.29) is 11.9 Å². The van der Waals surface area contributed by atoms with Gasteiger partial charge in [-0.15, -0.1) is 0 Å². The number of nitrogens with zero attached hydrogens (tertiary/aromatic N) is 3. The highest BCUT2D eigenvalue weighted by molar-refractivity contribution is 6.11. The molecule has 1 saturated heterocycles. The Kier molecular flexibility index (Phi) is 5.50. The summed E-state index contributed by atoms with van der Waals surface area (Å²) in [7, 11) is 1.65. The highest BCUT2D eigenvalue weighted by atomic mass is 16.5. The molecular formula is C27H24N4O2. The highest BCUT2D eigenvalue weighted by Gasteiger charge is 2.33. The van der Waals surface area contributed by atoms with Crippen LogP contribution in [0.1, 0.15) is 12.5 Å². The van der Waals surface area contributed by atoms with Crippen LogP contribution >= 0.6 is 0 Å². The van der Waals surface area contributed by atoms with Crippen LogP contribution in [0.25, 0.3) is 23.0 Å². The maximum atomic E-state index is 13.3. The van der Waals surface area contributed by atoms with Gasteiger partial charge in [-0.25, -0.2) is 15.1 Å². The molecule has 6 nitrogen and oxygen atoms in total. The number of nitrogens with one attached hydrogen (secondary N) is 1. The van der Waals surface area contributed by atoms with Crippen molar-refractivity contribution in [3.63, 3.8) is 0 Å². The molecule has 164 valence electrons. The van der Waals surface area contributed by atoms with Crippen molar-refractivity contribution in [2.24, 2.45) is 0 Å². The van der Waals surface area contributed by atoms with Crippen LogP contribution in [0.5, 0.6) is 5.75 Å². The van der Waals surface area contributed by atoms with E-state index in [0.717, 1.165) is 33.9 Å². The summed E-state index contributed by atoms with van der Waals surface area (Å²) in [5, 5.41) is 6.46. The Morgan fingerprint density at radius 3 is 2.18 bits per heavy atom. The third kappa shape index (κ3) is 4.04. The van der Waals surface area contributed by atoms with E-state index in [9.17, 15) is 4.79 Å². The molecule has 1 N–H and O–H groups in total. The van der Waals surface area contributed by atoms with Gasteiger partial charge >= 0.3 is 0 Å². The number of rotatable bonds is 5. The summed E-state index contributed by atoms with van der Waals surface area (Å²) in [6.45, 7) is 1.99. The van der Waals surface area contributed by atoms with E-state index in [2.05, 4.69) is 5.43 Å². The van der Waals surface area contributed by atoms with E-state index in [0.29, 0.717) is 5.57 Å². The van der Waals surface area contributed by atoms with E-state index in [4.69, 9.17) is 9.84 Å². The second kappa shape index (κ2) is 8.76. The Morgan fingerprint density at radius 1 is 0.909 bits per heavy atom. The number of carbonyl (C=O) groups is 1. The number of ether oxygens (including phenoxy) is 1. The monoisotopic (exact) mass is 436 g/mol. The minimum absolute atomic E-state index is 0.0677. The van der Waals surface area contributed by atoms with Crippen molar-refractivity contribution in [1.29, 1.82) is 0 Å². The number of carbonyl (C=O) groups excluding carboxylic acids is 1. The fraction of sp³-hybridized carbons (Fsp3) is 0.111. The van der Waals surface area contributed by atoms with Crippen LogP contribution in [0.3, 0.4) is 0 Å². The molecule has 4 aromatic rings. The number of hydrogen-bond acceptors (Lipinski definition) is 4. The molecule has 1 aliphatic rings. The lowest BCUT2D eigenvalue weighted by Gasteiger charge is -2.15. The molecular weight excluding hydrogens is 412 g/mol. The topological polar surface area (TPSA) is 59.4 Å². The molecule has 0 bridgehead atoms. The van der Waals surface area contributed by atoms with Crippen LogP contribution in [0.2, 0.25) is 0 Å². The molecule has 2 heterocycles. The molecule has 0 saturated carbocycles. The van der Waals surface area contributed by atoms with Crippen molar-refractivity contribution in [2.45, 2.75) is 13.0 Å². The molecule has 1 aliphatic heterocycles. The van der Waals surface area contributed by atoms with Gasteiger partial charge in [-0.1, -0.05) is 36.4 Å². The van der Waals surface area contributed by atoms with Gasteiger partial charge in [0.15, 0.2) is 0 Å². The molecule has 33 heavy (non-hydrogen) atoms. The number of para-hydroxylation sites is 2. The molecule has 0 spiro atoms. The first kappa shape index (κ1) is 20.7. The Balaban J connectivity index is 1.58. The molecule has 1 fully saturated rings. The van der Waals surface area contributed by atoms with Crippen molar-refractivity contribution >= 4 is 17.7 Å². The largest absolute Gasteiger partial charge is 0.497 e. The molecule has 1 aromatic heterocycles. The van der Waals surface area contributed by atoms with Gasteiger partial charge in [-0.2, -0.15) is 5.10 Å². The maximum absolute atomic E-state index is 13.3. The van der Waals surface area contributed by atoms with E-state index in [1.165, 1.54) is 0 Å². The van der Waals surface area contributed by atoms with Gasteiger partial charge < -0.3 is 4.74 Å². The zero-order valence-electron chi connectivity index (χ0n) is 18.5. The fourth-order valence-electron chi connectivity index (χ4n) is 3.94. The lowest BCUT2D eigenvalue weighted by Crippen LogP contribution is -2.36. The first-order chi connectivity index (χ1) is 16.1. The number of methoxy groups -OCH3 is 1. The van der Waals surface area contributed by atoms with E-state index in [1.54, 1.807) is 12.1 Å². The van der Waals surface area contributed by atoms with Crippen LogP contribution in [-0.4, -0.2) is 28.8 Å². The quantitative estimate of drug-likeness (QED) is 0.454. The molecule has 1 amide bonds. The first-order valence-corrected chi connectivity index (χ1v) is 10.8. The molecule has 3 aromatic carbocycles. The SMILES string of the molecule is COc1ccc(-c2nn(-c3ccccc3)cc2C=C2C(=O)N(c3ccccc3)NC2C)cc1. The lowest BCUT2D eigenvalue weighted by molar-refractivity contribution is -0.114. The predicted molar refractivity (Wildman–Crippen MR) is 130 cm³/mol. The average Bonchev–Trinajstić information content (AvgIpc) is 3.42. The van der Waals surface area contributed by atoms with Gasteiger partial charge in [0.25, 0.3) is 5.91 Å². The van der Waals surface area contributed by atoms with Gasteiger partial charge in [-0.3, -0.25) is 4.79 Å². The molecule has 0 radical (unpaired) electrons. The zero-order valence-corrected chi connectivity index (χ0v) is 18.5. The number of hydrogen-bond donors (Lipinski definition) is 1. The van der Waals surface area contributed by atoms with Gasteiger partial charge in [0.2, 0.25) is 0 Å². The summed E-state index contributed by atoms with van der Waals surface area (Å²) in [4.78, 5) is 13.3. The number of amides is 1. The summed E-state index contributed by atoms with van der Waals surface area (Å²) < 4.78 is 7.15. The number of benzene rings is 3. The summed E-state index contributed by atoms with van der Waals surface area (Å²) in [6.07, 6.45) is 3.90. The predicted octanol–water partition coefficient (Wildman–Crippen LogP) is 4.87. The third-order valence-electron chi connectivity index (χ3n) is 5.69. The molecule has 0 aliphatic carbocycles. The van der Waals surface area contributed by atoms with Crippen molar-refractivity contribution in [3.8, 4) is 22.7 Å². The summed E-state index contributed by atoms with van der Waals surface area (Å²) in [6, 6.07) is 27.2. The molecule has 5 rings (SSSR count). The number of anilines is 1. The smallest absolute Gasteiger partial charge is 0.270 e. The standard InChI is InChI=1S/C27H24N4O2/c1-19-25(27(32)31(28-19)23-11-7-4-8-12-23)17-21-18-30(22-9-5-3-6-10-22)29-26(21)20-13-15-24(33-2)16-14-20/h3-19,28H,1-2H3. The van der Waals surface area contributed by atoms with Gasteiger partial charge in [0, 0.05) is 22.9 Å². The van der Waals surface area contributed by atoms with Crippen LogP contribution in [0.15, 0.2) is 96.7 Å². The van der Waals surface area contributed by atoms with Crippen molar-refractivity contribution < 1.29 is 9.53 Å². The van der Waals surface area contributed by atoms with Crippen LogP contribution in [-0.2, 0) is 4.79 Å². The Labute approximate surface area is 192 Å². The first-order valence-electron chi connectivity index (χ1n) is 10.8. The zero-order chi connectivity index (χ0) is 22.8. The van der Waals surface area contributed by atoms with Crippen molar-refractivity contribution in [1.82, 2.24) is 15.2 Å². The van der Waals surface area contributed by atoms with E-state index in [1.807, 2.05) is 109 Å². The number of hydrazine groups is 1. The second-order valence-corrected chi connectivity index (χ2v) is 7.87. The van der Waals surface area contributed by atoms with Crippen LogP contribution < -0.4 is 15.2 Å². The highest BCUT2D eigenvalue weighted by Crippen LogP contribution is 2.30. The molecule has 1 atom stereocenters. The maximum Gasteiger partial charge on any atom is 0.270 e. The summed E-state index contributed by atoms with van der Waals surface area (Å²) in [5.74, 6) is 0.713. The minimum atomic E-state index is -0.138. The Bertz CT molecular complexity index is 1300. The van der Waals surface area contributed by atoms with E-state index < -0.39 is 0 Å². The minimum Gasteiger partial charge on any atom is -0.497 e. The normalized spacial score (nSPS) is 17.0. The molecule has 6 heteroatoms. The van der Waals surface area contributed by atoms with Crippen molar-refractivity contribution in [2.75, 3.05) is 12.1 Å². The van der Waals surface area contributed by atoms with Gasteiger partial charge in [0.05, 0.1) is 30.2 Å². The second-order valence-electron chi connectivity index (χ2n) is 7.87. The van der Waals surface area contributed by atoms with Gasteiger partial charge in [-0.05, 0) is 61.5 Å². The Morgan fingerprint density at radius 2 is 1.55 bits per heavy atom. The van der Waals surface area contributed by atoms with Gasteiger partial charge in [0.1, 0.15) is 5.75 Å². The lowest BCUT2D eigenvalue weighted by atomic mass is 10.0. The van der Waals surface area contributed by atoms with Crippen LogP contribution in [0, 0.1) is 0 Å². The number of aromatic nitrogens is 2. The fourth-order valence-corrected chi connectivity index (χ4v) is 3.94. The third-order valence-corrected chi connectivity index (χ3v) is 5.69. The molecule has 1 unspecified atom stereocenters. The van der Waals surface area contributed by atoms with Crippen LogP contribution in [0.4, 0.5) is 5.69 Å². The Hall–Kier alpha value is -4.16. The average molecular weight is 437 g/mol.